The number of H-pyrrole nitrogens is 1. The fourth-order valence-electron chi connectivity index (χ4n) is 3.17. The Bertz CT molecular complexity index is 1170. The van der Waals surface area contributed by atoms with Gasteiger partial charge >= 0.3 is 5.69 Å². The number of benzene rings is 3. The summed E-state index contributed by atoms with van der Waals surface area (Å²) < 4.78 is 11.3. The first-order valence-electron chi connectivity index (χ1n) is 9.05. The number of aromatic amines is 1. The number of imidazole rings is 1. The first kappa shape index (κ1) is 18.5. The number of rotatable bonds is 6. The molecule has 7 nitrogen and oxygen atoms in total. The molecule has 0 aliphatic heterocycles. The second kappa shape index (κ2) is 7.63. The molecule has 0 bridgehead atoms. The Morgan fingerprint density at radius 3 is 2.59 bits per heavy atom. The minimum atomic E-state index is -0.470. The largest absolute Gasteiger partial charge is 0.493 e. The maximum Gasteiger partial charge on any atom is 0.315 e. The van der Waals surface area contributed by atoms with E-state index >= 15 is 0 Å². The van der Waals surface area contributed by atoms with Crippen LogP contribution in [0, 0.1) is 17.0 Å². The molecular formula is C22H19N3O4. The molecule has 1 N–H and O–H groups in total. The number of aryl methyl sites for hydroxylation is 1. The quantitative estimate of drug-likeness (QED) is 0.369. The SMILES string of the molecule is COc1cc(-c2nc3ccccc3[nH]2)cc([N+](=O)[O-])c1OCc1ccccc1C. The van der Waals surface area contributed by atoms with Crippen molar-refractivity contribution in [3.05, 3.63) is 81.9 Å². The molecule has 0 saturated carbocycles. The predicted octanol–water partition coefficient (Wildman–Crippen LogP) is 5.03. The number of fused-ring (bicyclic) bond motifs is 1. The zero-order valence-corrected chi connectivity index (χ0v) is 16.0. The lowest BCUT2D eigenvalue weighted by atomic mass is 10.1. The molecule has 0 unspecified atom stereocenters. The van der Waals surface area contributed by atoms with Gasteiger partial charge in [-0.1, -0.05) is 36.4 Å². The van der Waals surface area contributed by atoms with Crippen molar-refractivity contribution in [2.75, 3.05) is 7.11 Å². The average Bonchev–Trinajstić information content (AvgIpc) is 3.17. The first-order valence-corrected chi connectivity index (χ1v) is 9.05. The number of ether oxygens (including phenoxy) is 2. The van der Waals surface area contributed by atoms with Crippen molar-refractivity contribution >= 4 is 16.7 Å². The van der Waals surface area contributed by atoms with Gasteiger partial charge in [0.25, 0.3) is 0 Å². The Morgan fingerprint density at radius 1 is 1.10 bits per heavy atom. The van der Waals surface area contributed by atoms with Gasteiger partial charge in [0.05, 0.1) is 23.1 Å². The van der Waals surface area contributed by atoms with Gasteiger partial charge in [-0.3, -0.25) is 10.1 Å². The van der Waals surface area contributed by atoms with Gasteiger partial charge < -0.3 is 14.5 Å². The van der Waals surface area contributed by atoms with E-state index in [0.29, 0.717) is 11.4 Å². The van der Waals surface area contributed by atoms with Crippen LogP contribution in [0.3, 0.4) is 0 Å². The topological polar surface area (TPSA) is 90.3 Å². The van der Waals surface area contributed by atoms with Crippen LogP contribution in [0.1, 0.15) is 11.1 Å². The van der Waals surface area contributed by atoms with Crippen LogP contribution in [0.2, 0.25) is 0 Å². The van der Waals surface area contributed by atoms with Crippen molar-refractivity contribution < 1.29 is 14.4 Å². The second-order valence-electron chi connectivity index (χ2n) is 6.60. The summed E-state index contributed by atoms with van der Waals surface area (Å²) >= 11 is 0. The van der Waals surface area contributed by atoms with Crippen molar-refractivity contribution in [3.63, 3.8) is 0 Å². The summed E-state index contributed by atoms with van der Waals surface area (Å²) in [4.78, 5) is 19.0. The number of nitro benzene ring substituents is 1. The Hall–Kier alpha value is -3.87. The highest BCUT2D eigenvalue weighted by Crippen LogP contribution is 2.41. The van der Waals surface area contributed by atoms with Crippen LogP contribution in [0.25, 0.3) is 22.4 Å². The highest BCUT2D eigenvalue weighted by atomic mass is 16.6. The summed E-state index contributed by atoms with van der Waals surface area (Å²) in [5.74, 6) is 0.905. The van der Waals surface area contributed by atoms with E-state index in [1.165, 1.54) is 13.2 Å². The number of methoxy groups -OCH3 is 1. The summed E-state index contributed by atoms with van der Waals surface area (Å²) in [5, 5.41) is 11.8. The lowest BCUT2D eigenvalue weighted by Gasteiger charge is -2.13. The maximum absolute atomic E-state index is 11.8. The number of para-hydroxylation sites is 2. The third-order valence-corrected chi connectivity index (χ3v) is 4.75. The van der Waals surface area contributed by atoms with Crippen molar-refractivity contribution in [3.8, 4) is 22.9 Å². The highest BCUT2D eigenvalue weighted by molar-refractivity contribution is 5.80. The van der Waals surface area contributed by atoms with Crippen LogP contribution in [0.5, 0.6) is 11.5 Å². The molecule has 3 aromatic carbocycles. The summed E-state index contributed by atoms with van der Waals surface area (Å²) in [7, 11) is 1.46. The molecule has 4 rings (SSSR count). The van der Waals surface area contributed by atoms with Gasteiger partial charge in [-0.05, 0) is 36.2 Å². The van der Waals surface area contributed by atoms with Gasteiger partial charge in [0.1, 0.15) is 12.4 Å². The molecule has 0 aliphatic rings. The number of hydrogen-bond acceptors (Lipinski definition) is 5. The van der Waals surface area contributed by atoms with Crippen molar-refractivity contribution in [1.82, 2.24) is 9.97 Å². The Balaban J connectivity index is 1.75. The van der Waals surface area contributed by atoms with Crippen LogP contribution in [0.15, 0.2) is 60.7 Å². The molecule has 0 spiro atoms. The molecule has 1 aromatic heterocycles. The number of hydrogen-bond donors (Lipinski definition) is 1. The van der Waals surface area contributed by atoms with Gasteiger partial charge in [0, 0.05) is 11.6 Å². The first-order chi connectivity index (χ1) is 14.1. The van der Waals surface area contributed by atoms with Gasteiger partial charge in [-0.25, -0.2) is 4.98 Å². The van der Waals surface area contributed by atoms with Gasteiger partial charge in [-0.15, -0.1) is 0 Å². The molecule has 0 fully saturated rings. The van der Waals surface area contributed by atoms with E-state index in [2.05, 4.69) is 9.97 Å². The molecule has 146 valence electrons. The van der Waals surface area contributed by atoms with E-state index in [1.807, 2.05) is 55.5 Å². The van der Waals surface area contributed by atoms with Crippen molar-refractivity contribution in [1.29, 1.82) is 0 Å². The van der Waals surface area contributed by atoms with Gasteiger partial charge in [-0.2, -0.15) is 0 Å². The van der Waals surface area contributed by atoms with Gasteiger partial charge in [0.2, 0.25) is 5.75 Å². The number of nitrogens with zero attached hydrogens (tertiary/aromatic N) is 2. The average molecular weight is 389 g/mol. The monoisotopic (exact) mass is 389 g/mol. The summed E-state index contributed by atoms with van der Waals surface area (Å²) in [6, 6.07) is 18.4. The summed E-state index contributed by atoms with van der Waals surface area (Å²) in [6.45, 7) is 2.17. The maximum atomic E-state index is 11.8. The second-order valence-corrected chi connectivity index (χ2v) is 6.60. The molecule has 0 radical (unpaired) electrons. The number of nitrogens with one attached hydrogen (secondary N) is 1. The van der Waals surface area contributed by atoms with E-state index in [-0.39, 0.29) is 23.8 Å². The van der Waals surface area contributed by atoms with Crippen LogP contribution in [-0.4, -0.2) is 22.0 Å². The van der Waals surface area contributed by atoms with E-state index < -0.39 is 4.92 Å². The zero-order chi connectivity index (χ0) is 20.4. The summed E-state index contributed by atoms with van der Waals surface area (Å²) in [6.07, 6.45) is 0. The zero-order valence-electron chi connectivity index (χ0n) is 16.0. The highest BCUT2D eigenvalue weighted by Gasteiger charge is 2.24. The third-order valence-electron chi connectivity index (χ3n) is 4.75. The number of aromatic nitrogens is 2. The molecule has 0 saturated heterocycles. The number of nitro groups is 1. The molecular weight excluding hydrogens is 370 g/mol. The lowest BCUT2D eigenvalue weighted by molar-refractivity contribution is -0.386. The Kier molecular flexibility index (Phi) is 4.87. The minimum Gasteiger partial charge on any atom is -0.493 e. The lowest BCUT2D eigenvalue weighted by Crippen LogP contribution is -2.03. The molecule has 7 heteroatoms. The van der Waals surface area contributed by atoms with E-state index in [4.69, 9.17) is 9.47 Å². The standard InChI is InChI=1S/C22H19N3O4/c1-14-7-3-4-8-15(14)13-29-21-19(25(26)27)11-16(12-20(21)28-2)22-23-17-9-5-6-10-18(17)24-22/h3-12H,13H2,1-2H3,(H,23,24). The van der Waals surface area contributed by atoms with Crippen LogP contribution in [-0.2, 0) is 6.61 Å². The predicted molar refractivity (Wildman–Crippen MR) is 110 cm³/mol. The Morgan fingerprint density at radius 2 is 1.86 bits per heavy atom. The van der Waals surface area contributed by atoms with Crippen LogP contribution in [0.4, 0.5) is 5.69 Å². The van der Waals surface area contributed by atoms with Crippen molar-refractivity contribution in [2.45, 2.75) is 13.5 Å². The molecule has 0 atom stereocenters. The van der Waals surface area contributed by atoms with E-state index in [0.717, 1.165) is 22.2 Å². The molecule has 1 heterocycles. The third kappa shape index (κ3) is 3.62. The summed E-state index contributed by atoms with van der Waals surface area (Å²) in [5.41, 5.74) is 4.01. The fraction of sp³-hybridized carbons (Fsp3) is 0.136. The minimum absolute atomic E-state index is 0.0978. The normalized spacial score (nSPS) is 10.8. The van der Waals surface area contributed by atoms with Crippen molar-refractivity contribution in [2.24, 2.45) is 0 Å². The van der Waals surface area contributed by atoms with E-state index in [9.17, 15) is 10.1 Å². The van der Waals surface area contributed by atoms with Crippen LogP contribution >= 0.6 is 0 Å². The Labute approximate surface area is 167 Å². The fourth-order valence-corrected chi connectivity index (χ4v) is 3.17. The molecule has 4 aromatic rings. The molecule has 0 aliphatic carbocycles. The smallest absolute Gasteiger partial charge is 0.315 e. The molecule has 29 heavy (non-hydrogen) atoms. The van der Waals surface area contributed by atoms with E-state index in [1.54, 1.807) is 6.07 Å². The van der Waals surface area contributed by atoms with Crippen LogP contribution < -0.4 is 9.47 Å². The molecule has 0 amide bonds. The van der Waals surface area contributed by atoms with Gasteiger partial charge in [0.15, 0.2) is 5.75 Å².